The number of benzene rings is 2. The summed E-state index contributed by atoms with van der Waals surface area (Å²) in [5, 5.41) is 0. The van der Waals surface area contributed by atoms with Crippen molar-refractivity contribution in [2.45, 2.75) is 20.8 Å². The minimum Gasteiger partial charge on any atom is -0.463 e. The van der Waals surface area contributed by atoms with Crippen molar-refractivity contribution in [3.63, 3.8) is 0 Å². The molecule has 0 spiro atoms. The van der Waals surface area contributed by atoms with Crippen molar-refractivity contribution in [1.29, 1.82) is 0 Å². The standard InChI is InChI=1S/C23H24N2O4/c1-4-25(5-2)18(13-19(26)29-6-3)16-11-12-17-20(21(16)24)23(28)15-10-8-7-9-14(15)22(17)27/h7-13H,4-6,24H2,1-3H3/b18-13+. The molecule has 150 valence electrons. The van der Waals surface area contributed by atoms with Crippen molar-refractivity contribution >= 4 is 28.9 Å². The highest BCUT2D eigenvalue weighted by molar-refractivity contribution is 6.30. The fraction of sp³-hybridized carbons (Fsp3) is 0.261. The second-order valence-corrected chi connectivity index (χ2v) is 6.61. The number of rotatable bonds is 6. The van der Waals surface area contributed by atoms with Crippen LogP contribution in [0.15, 0.2) is 42.5 Å². The molecule has 6 nitrogen and oxygen atoms in total. The van der Waals surface area contributed by atoms with E-state index < -0.39 is 5.97 Å². The van der Waals surface area contributed by atoms with Crippen LogP contribution in [0.1, 0.15) is 58.2 Å². The van der Waals surface area contributed by atoms with Crippen LogP contribution < -0.4 is 5.73 Å². The van der Waals surface area contributed by atoms with Gasteiger partial charge in [0.15, 0.2) is 11.6 Å². The van der Waals surface area contributed by atoms with Crippen LogP contribution in [-0.2, 0) is 9.53 Å². The Balaban J connectivity index is 2.20. The number of carbonyl (C=O) groups excluding carboxylic acids is 3. The van der Waals surface area contributed by atoms with Crippen LogP contribution >= 0.6 is 0 Å². The molecule has 0 bridgehead atoms. The van der Waals surface area contributed by atoms with E-state index in [0.717, 1.165) is 0 Å². The van der Waals surface area contributed by atoms with E-state index in [1.165, 1.54) is 6.08 Å². The average Bonchev–Trinajstić information content (AvgIpc) is 2.72. The van der Waals surface area contributed by atoms with Crippen LogP contribution in [0.3, 0.4) is 0 Å². The van der Waals surface area contributed by atoms with Gasteiger partial charge in [0, 0.05) is 41.4 Å². The van der Waals surface area contributed by atoms with Crippen molar-refractivity contribution in [3.05, 3.63) is 70.3 Å². The summed E-state index contributed by atoms with van der Waals surface area (Å²) in [7, 11) is 0. The van der Waals surface area contributed by atoms with Crippen molar-refractivity contribution in [2.24, 2.45) is 0 Å². The fourth-order valence-corrected chi connectivity index (χ4v) is 3.63. The molecule has 0 heterocycles. The van der Waals surface area contributed by atoms with Crippen molar-refractivity contribution in [3.8, 4) is 0 Å². The molecule has 2 N–H and O–H groups in total. The first-order valence-corrected chi connectivity index (χ1v) is 9.69. The maximum absolute atomic E-state index is 13.1. The Kier molecular flexibility index (Phi) is 5.82. The molecule has 6 heteroatoms. The lowest BCUT2D eigenvalue weighted by Gasteiger charge is -2.27. The van der Waals surface area contributed by atoms with Gasteiger partial charge >= 0.3 is 5.97 Å². The van der Waals surface area contributed by atoms with Crippen molar-refractivity contribution in [1.82, 2.24) is 4.90 Å². The van der Waals surface area contributed by atoms with E-state index in [2.05, 4.69) is 0 Å². The SMILES string of the molecule is CCOC(=O)/C=C(\c1ccc2c(c1N)C(=O)c1ccccc1C2=O)N(CC)CC. The molecule has 2 aromatic carbocycles. The summed E-state index contributed by atoms with van der Waals surface area (Å²) < 4.78 is 5.07. The molecular weight excluding hydrogens is 368 g/mol. The van der Waals surface area contributed by atoms with Crippen LogP contribution in [0.2, 0.25) is 0 Å². The predicted molar refractivity (Wildman–Crippen MR) is 112 cm³/mol. The summed E-state index contributed by atoms with van der Waals surface area (Å²) in [5.41, 5.74) is 8.89. The van der Waals surface area contributed by atoms with E-state index in [4.69, 9.17) is 10.5 Å². The molecule has 0 aromatic heterocycles. The van der Waals surface area contributed by atoms with Crippen LogP contribution in [0, 0.1) is 0 Å². The zero-order valence-corrected chi connectivity index (χ0v) is 16.8. The van der Waals surface area contributed by atoms with Crippen molar-refractivity contribution < 1.29 is 19.1 Å². The first-order valence-electron chi connectivity index (χ1n) is 9.69. The molecular formula is C23H24N2O4. The van der Waals surface area contributed by atoms with Gasteiger partial charge in [-0.25, -0.2) is 4.79 Å². The molecule has 0 aliphatic heterocycles. The highest BCUT2D eigenvalue weighted by atomic mass is 16.5. The Hall–Kier alpha value is -3.41. The molecule has 0 radical (unpaired) electrons. The topological polar surface area (TPSA) is 89.7 Å². The molecule has 29 heavy (non-hydrogen) atoms. The number of hydrogen-bond donors (Lipinski definition) is 1. The molecule has 0 unspecified atom stereocenters. The number of nitrogens with two attached hydrogens (primary N) is 1. The number of hydrogen-bond acceptors (Lipinski definition) is 6. The van der Waals surface area contributed by atoms with E-state index in [1.807, 2.05) is 18.7 Å². The first-order chi connectivity index (χ1) is 13.9. The van der Waals surface area contributed by atoms with Gasteiger partial charge in [-0.1, -0.05) is 30.3 Å². The van der Waals surface area contributed by atoms with E-state index in [0.29, 0.717) is 35.5 Å². The van der Waals surface area contributed by atoms with E-state index in [1.54, 1.807) is 43.3 Å². The lowest BCUT2D eigenvalue weighted by molar-refractivity contribution is -0.137. The zero-order valence-electron chi connectivity index (χ0n) is 16.8. The second kappa shape index (κ2) is 8.31. The van der Waals surface area contributed by atoms with Crippen LogP contribution in [0.5, 0.6) is 0 Å². The van der Waals surface area contributed by atoms with E-state index >= 15 is 0 Å². The van der Waals surface area contributed by atoms with Gasteiger partial charge in [-0.2, -0.15) is 0 Å². The van der Waals surface area contributed by atoms with Gasteiger partial charge in [-0.05, 0) is 26.8 Å². The zero-order chi connectivity index (χ0) is 21.1. The van der Waals surface area contributed by atoms with Crippen LogP contribution in [0.25, 0.3) is 5.70 Å². The Bertz CT molecular complexity index is 1020. The third-order valence-corrected chi connectivity index (χ3v) is 5.05. The highest BCUT2D eigenvalue weighted by Gasteiger charge is 2.32. The molecule has 2 aromatic rings. The number of ketones is 2. The third kappa shape index (κ3) is 3.53. The number of ether oxygens (including phenoxy) is 1. The lowest BCUT2D eigenvalue weighted by Crippen LogP contribution is -2.26. The third-order valence-electron chi connectivity index (χ3n) is 5.05. The maximum atomic E-state index is 13.1. The molecule has 1 aliphatic carbocycles. The maximum Gasteiger partial charge on any atom is 0.332 e. The van der Waals surface area contributed by atoms with E-state index in [9.17, 15) is 14.4 Å². The number of nitrogens with zero attached hydrogens (tertiary/aromatic N) is 1. The fourth-order valence-electron chi connectivity index (χ4n) is 3.63. The number of nitrogen functional groups attached to an aromatic ring is 1. The van der Waals surface area contributed by atoms with Crippen molar-refractivity contribution in [2.75, 3.05) is 25.4 Å². The molecule has 3 rings (SSSR count). The molecule has 0 fully saturated rings. The van der Waals surface area contributed by atoms with Gasteiger partial charge in [-0.3, -0.25) is 9.59 Å². The normalized spacial score (nSPS) is 13.0. The Labute approximate surface area is 170 Å². The number of esters is 1. The molecule has 0 saturated carbocycles. The van der Waals surface area contributed by atoms with Crippen LogP contribution in [-0.4, -0.2) is 42.1 Å². The predicted octanol–water partition coefficient (Wildman–Crippen LogP) is 3.29. The van der Waals surface area contributed by atoms with Gasteiger partial charge in [0.25, 0.3) is 0 Å². The molecule has 0 saturated heterocycles. The largest absolute Gasteiger partial charge is 0.463 e. The smallest absolute Gasteiger partial charge is 0.332 e. The summed E-state index contributed by atoms with van der Waals surface area (Å²) in [6.45, 7) is 7.17. The summed E-state index contributed by atoms with van der Waals surface area (Å²) >= 11 is 0. The average molecular weight is 392 g/mol. The van der Waals surface area contributed by atoms with Crippen LogP contribution in [0.4, 0.5) is 5.69 Å². The van der Waals surface area contributed by atoms with Gasteiger partial charge in [0.1, 0.15) is 0 Å². The van der Waals surface area contributed by atoms with Gasteiger partial charge in [0.2, 0.25) is 0 Å². The number of anilines is 1. The Morgan fingerprint density at radius 1 is 0.966 bits per heavy atom. The minimum atomic E-state index is -0.487. The summed E-state index contributed by atoms with van der Waals surface area (Å²) in [6.07, 6.45) is 1.39. The molecule has 0 atom stereocenters. The van der Waals surface area contributed by atoms with Gasteiger partial charge in [0.05, 0.1) is 23.6 Å². The summed E-state index contributed by atoms with van der Waals surface area (Å²) in [6, 6.07) is 10.0. The monoisotopic (exact) mass is 392 g/mol. The van der Waals surface area contributed by atoms with Gasteiger partial charge in [-0.15, -0.1) is 0 Å². The summed E-state index contributed by atoms with van der Waals surface area (Å²) in [4.78, 5) is 40.1. The Morgan fingerprint density at radius 3 is 2.17 bits per heavy atom. The first kappa shape index (κ1) is 20.3. The van der Waals surface area contributed by atoms with E-state index in [-0.39, 0.29) is 35.0 Å². The number of fused-ring (bicyclic) bond motifs is 2. The highest BCUT2D eigenvalue weighted by Crippen LogP contribution is 2.36. The Morgan fingerprint density at radius 2 is 1.59 bits per heavy atom. The molecule has 0 amide bonds. The lowest BCUT2D eigenvalue weighted by atomic mass is 9.82. The van der Waals surface area contributed by atoms with Gasteiger partial charge < -0.3 is 15.4 Å². The minimum absolute atomic E-state index is 0.188. The number of carbonyl (C=O) groups is 3. The second-order valence-electron chi connectivity index (χ2n) is 6.61. The summed E-state index contributed by atoms with van der Waals surface area (Å²) in [5.74, 6) is -1.00. The molecule has 1 aliphatic rings. The quantitative estimate of drug-likeness (QED) is 0.393.